The highest BCUT2D eigenvalue weighted by Crippen LogP contribution is 2.49. The molecule has 262 valence electrons. The maximum Gasteiger partial charge on any atom is 0.261 e. The van der Waals surface area contributed by atoms with Crippen molar-refractivity contribution in [3.8, 4) is 23.0 Å². The molecule has 3 heterocycles. The predicted octanol–water partition coefficient (Wildman–Crippen LogP) is 2.37. The van der Waals surface area contributed by atoms with E-state index < -0.39 is 89.5 Å². The van der Waals surface area contributed by atoms with Crippen LogP contribution < -0.4 is 14.8 Å². The molecule has 0 spiro atoms. The lowest BCUT2D eigenvalue weighted by molar-refractivity contribution is -0.277. The van der Waals surface area contributed by atoms with Crippen LogP contribution in [0.25, 0.3) is 0 Å². The van der Waals surface area contributed by atoms with Gasteiger partial charge in [-0.25, -0.2) is 22.0 Å². The number of carbonyl (C=O) groups excluding carboxylic acids is 2. The maximum absolute atomic E-state index is 14.2. The number of phenolic OH excluding ortho intramolecular Hbond substituents is 1. The van der Waals surface area contributed by atoms with Crippen LogP contribution in [0.15, 0.2) is 24.3 Å². The van der Waals surface area contributed by atoms with Gasteiger partial charge in [0, 0.05) is 32.2 Å². The van der Waals surface area contributed by atoms with Crippen LogP contribution in [0.5, 0.6) is 23.0 Å². The van der Waals surface area contributed by atoms with Crippen LogP contribution in [0.1, 0.15) is 20.7 Å². The molecule has 6 N–H and O–H groups in total. The zero-order chi connectivity index (χ0) is 35.5. The highest BCUT2D eigenvalue weighted by atomic mass is 35.5. The average Bonchev–Trinajstić information content (AvgIpc) is 3.09. The Morgan fingerprint density at radius 1 is 0.837 bits per heavy atom. The summed E-state index contributed by atoms with van der Waals surface area (Å²) >= 11 is 6.37. The van der Waals surface area contributed by atoms with E-state index in [1.54, 1.807) is 0 Å². The van der Waals surface area contributed by atoms with E-state index in [1.807, 2.05) is 0 Å². The van der Waals surface area contributed by atoms with Crippen molar-refractivity contribution in [3.63, 3.8) is 0 Å². The molecule has 2 saturated heterocycles. The number of hydrogen-bond donors (Lipinski definition) is 6. The van der Waals surface area contributed by atoms with Crippen molar-refractivity contribution in [2.45, 2.75) is 30.7 Å². The third-order valence-electron chi connectivity index (χ3n) is 8.23. The standard InChI is InChI=1S/C30H25ClF5N3O10/c31-10-7-12-15(8-14(10)48-30-26(44)25(43)24(42)16(9-40)49-30)47-27-11(37-12)1-2-13(41)17(27)28(45)38-3-5-39(6-4-38)29(46)18-19(32)21(34)23(36)22(35)20(18)33/h1-2,7-8,16,24-26,30,37,40-44H,3-6,9H2/t16-,24+,25+,26-,30-/m1/s1. The number of hydrogen-bond acceptors (Lipinski definition) is 11. The van der Waals surface area contributed by atoms with E-state index in [4.69, 9.17) is 25.8 Å². The van der Waals surface area contributed by atoms with Crippen LogP contribution in [0.3, 0.4) is 0 Å². The van der Waals surface area contributed by atoms with Gasteiger partial charge in [0.1, 0.15) is 47.0 Å². The molecule has 0 radical (unpaired) electrons. The summed E-state index contributed by atoms with van der Waals surface area (Å²) in [5.41, 5.74) is -1.46. The molecular formula is C30H25ClF5N3O10. The zero-order valence-electron chi connectivity index (χ0n) is 24.7. The Morgan fingerprint density at radius 3 is 2.00 bits per heavy atom. The van der Waals surface area contributed by atoms with Crippen molar-refractivity contribution in [1.82, 2.24) is 9.80 Å². The third kappa shape index (κ3) is 5.93. The summed E-state index contributed by atoms with van der Waals surface area (Å²) in [6.07, 6.45) is -7.97. The molecule has 19 heteroatoms. The van der Waals surface area contributed by atoms with Crippen LogP contribution in [-0.4, -0.2) is 111 Å². The summed E-state index contributed by atoms with van der Waals surface area (Å²) in [5.74, 6) is -14.6. The first kappa shape index (κ1) is 34.4. The van der Waals surface area contributed by atoms with Gasteiger partial charge in [-0.2, -0.15) is 0 Å². The molecule has 49 heavy (non-hydrogen) atoms. The van der Waals surface area contributed by atoms with E-state index >= 15 is 0 Å². The normalized spacial score (nSPS) is 23.3. The lowest BCUT2D eigenvalue weighted by Crippen LogP contribution is -2.60. The van der Waals surface area contributed by atoms with Crippen molar-refractivity contribution in [2.24, 2.45) is 0 Å². The van der Waals surface area contributed by atoms with E-state index in [0.717, 1.165) is 4.90 Å². The maximum atomic E-state index is 14.2. The number of aliphatic hydroxyl groups is 4. The summed E-state index contributed by atoms with van der Waals surface area (Å²) in [4.78, 5) is 28.4. The number of phenols is 1. The highest BCUT2D eigenvalue weighted by Gasteiger charge is 2.45. The number of piperazine rings is 1. The predicted molar refractivity (Wildman–Crippen MR) is 155 cm³/mol. The topological polar surface area (TPSA) is 181 Å². The van der Waals surface area contributed by atoms with Crippen LogP contribution in [0, 0.1) is 29.1 Å². The largest absolute Gasteiger partial charge is 0.507 e. The lowest BCUT2D eigenvalue weighted by Gasteiger charge is -2.39. The minimum atomic E-state index is -2.41. The SMILES string of the molecule is O=C(c1c(F)c(F)c(F)c(F)c1F)N1CCN(C(=O)c2c(O)ccc3c2Oc2cc(O[C@@H]4O[C@H](CO)[C@H](O)[C@H](O)[C@H]4O)c(Cl)cc2N3)CC1. The number of carbonyl (C=O) groups is 2. The molecule has 3 aliphatic rings. The fraction of sp³-hybridized carbons (Fsp3) is 0.333. The van der Waals surface area contributed by atoms with Crippen molar-refractivity contribution < 1.29 is 71.3 Å². The number of rotatable bonds is 5. The molecule has 3 aromatic rings. The Balaban J connectivity index is 1.20. The molecule has 6 rings (SSSR count). The number of nitrogens with one attached hydrogen (secondary N) is 1. The third-order valence-corrected chi connectivity index (χ3v) is 8.53. The Morgan fingerprint density at radius 2 is 1.41 bits per heavy atom. The van der Waals surface area contributed by atoms with Crippen molar-refractivity contribution in [3.05, 3.63) is 69.5 Å². The molecule has 0 aliphatic carbocycles. The van der Waals surface area contributed by atoms with E-state index in [2.05, 4.69) is 5.32 Å². The van der Waals surface area contributed by atoms with E-state index in [0.29, 0.717) is 0 Å². The van der Waals surface area contributed by atoms with Gasteiger partial charge in [-0.05, 0) is 18.2 Å². The smallest absolute Gasteiger partial charge is 0.261 e. The van der Waals surface area contributed by atoms with Gasteiger partial charge >= 0.3 is 0 Å². The Kier molecular flexibility index (Phi) is 9.20. The molecule has 3 aromatic carbocycles. The summed E-state index contributed by atoms with van der Waals surface area (Å²) < 4.78 is 86.3. The molecule has 5 atom stereocenters. The number of ether oxygens (including phenoxy) is 3. The van der Waals surface area contributed by atoms with Gasteiger partial charge in [0.15, 0.2) is 34.8 Å². The first-order valence-electron chi connectivity index (χ1n) is 14.4. The van der Waals surface area contributed by atoms with Gasteiger partial charge in [0.05, 0.1) is 23.0 Å². The zero-order valence-corrected chi connectivity index (χ0v) is 25.4. The number of amides is 2. The van der Waals surface area contributed by atoms with Crippen molar-refractivity contribution in [1.29, 1.82) is 0 Å². The van der Waals surface area contributed by atoms with Gasteiger partial charge in [-0.15, -0.1) is 0 Å². The Labute approximate surface area is 277 Å². The van der Waals surface area contributed by atoms with Crippen molar-refractivity contribution >= 4 is 34.8 Å². The second-order valence-corrected chi connectivity index (χ2v) is 11.6. The first-order valence-corrected chi connectivity index (χ1v) is 14.8. The number of aliphatic hydroxyl groups excluding tert-OH is 4. The van der Waals surface area contributed by atoms with Crippen LogP contribution in [-0.2, 0) is 4.74 Å². The molecular weight excluding hydrogens is 693 g/mol. The van der Waals surface area contributed by atoms with Crippen LogP contribution >= 0.6 is 11.6 Å². The number of fused-ring (bicyclic) bond motifs is 2. The molecule has 2 fully saturated rings. The molecule has 2 amide bonds. The van der Waals surface area contributed by atoms with Crippen LogP contribution in [0.2, 0.25) is 5.02 Å². The van der Waals surface area contributed by atoms with E-state index in [9.17, 15) is 57.1 Å². The van der Waals surface area contributed by atoms with Crippen LogP contribution in [0.4, 0.5) is 33.3 Å². The average molecular weight is 718 g/mol. The molecule has 0 bridgehead atoms. The minimum Gasteiger partial charge on any atom is -0.507 e. The first-order chi connectivity index (χ1) is 23.2. The van der Waals surface area contributed by atoms with Gasteiger partial charge in [-0.3, -0.25) is 9.59 Å². The van der Waals surface area contributed by atoms with Gasteiger partial charge in [0.25, 0.3) is 11.8 Å². The van der Waals surface area contributed by atoms with Gasteiger partial charge in [0.2, 0.25) is 12.1 Å². The summed E-state index contributed by atoms with van der Waals surface area (Å²) in [7, 11) is 0. The Bertz CT molecular complexity index is 1820. The Hall–Kier alpha value is -4.46. The molecule has 0 unspecified atom stereocenters. The number of nitrogens with zero attached hydrogens (tertiary/aromatic N) is 2. The quantitative estimate of drug-likeness (QED) is 0.0772. The van der Waals surface area contributed by atoms with Gasteiger partial charge in [-0.1, -0.05) is 11.6 Å². The number of benzene rings is 3. The molecule has 13 nitrogen and oxygen atoms in total. The van der Waals surface area contributed by atoms with Gasteiger partial charge < -0.3 is 54.9 Å². The summed E-state index contributed by atoms with van der Waals surface area (Å²) in [6, 6.07) is 5.22. The van der Waals surface area contributed by atoms with E-state index in [1.165, 1.54) is 29.2 Å². The number of anilines is 2. The van der Waals surface area contributed by atoms with E-state index in [-0.39, 0.29) is 65.4 Å². The molecule has 0 aromatic heterocycles. The molecule has 0 saturated carbocycles. The highest BCUT2D eigenvalue weighted by molar-refractivity contribution is 6.32. The molecule has 3 aliphatic heterocycles. The monoisotopic (exact) mass is 717 g/mol. The fourth-order valence-electron chi connectivity index (χ4n) is 5.56. The second kappa shape index (κ2) is 13.1. The lowest BCUT2D eigenvalue weighted by atomic mass is 9.99. The number of aromatic hydroxyl groups is 1. The summed E-state index contributed by atoms with van der Waals surface area (Å²) in [5, 5.41) is 53.6. The fourth-order valence-corrected chi connectivity index (χ4v) is 5.77. The van der Waals surface area contributed by atoms with Crippen molar-refractivity contribution in [2.75, 3.05) is 38.1 Å². The summed E-state index contributed by atoms with van der Waals surface area (Å²) in [6.45, 7) is -1.96. The minimum absolute atomic E-state index is 0.00868. The number of halogens is 6. The second-order valence-electron chi connectivity index (χ2n) is 11.2.